The van der Waals surface area contributed by atoms with Crippen LogP contribution in [0.4, 0.5) is 4.79 Å². The number of hydrogen-bond acceptors (Lipinski definition) is 3. The summed E-state index contributed by atoms with van der Waals surface area (Å²) < 4.78 is 5.00. The van der Waals surface area contributed by atoms with Gasteiger partial charge >= 0.3 is 6.03 Å². The fraction of sp³-hybridized carbons (Fsp3) is 0.455. The minimum atomic E-state index is -0.113. The Morgan fingerprint density at radius 1 is 1.62 bits per heavy atom. The number of carbonyl (C=O) groups excluding carboxylic acids is 1. The van der Waals surface area contributed by atoms with Gasteiger partial charge in [0.2, 0.25) is 5.88 Å². The SMILES string of the molecule is COc1cc(CNC(=O)NC2CC2)ccn1. The third-order valence-corrected chi connectivity index (χ3v) is 2.37. The maximum atomic E-state index is 11.4. The van der Waals surface area contributed by atoms with Crippen molar-refractivity contribution in [3.63, 3.8) is 0 Å². The van der Waals surface area contributed by atoms with Crippen molar-refractivity contribution < 1.29 is 9.53 Å². The van der Waals surface area contributed by atoms with Crippen LogP contribution in [-0.2, 0) is 6.54 Å². The van der Waals surface area contributed by atoms with Crippen molar-refractivity contribution in [2.45, 2.75) is 25.4 Å². The molecule has 0 radical (unpaired) electrons. The summed E-state index contributed by atoms with van der Waals surface area (Å²) in [5.74, 6) is 0.557. The maximum absolute atomic E-state index is 11.4. The Hall–Kier alpha value is -1.78. The van der Waals surface area contributed by atoms with Gasteiger partial charge in [0.1, 0.15) is 0 Å². The third-order valence-electron chi connectivity index (χ3n) is 2.37. The van der Waals surface area contributed by atoms with Crippen LogP contribution >= 0.6 is 0 Å². The van der Waals surface area contributed by atoms with Crippen LogP contribution in [0.15, 0.2) is 18.3 Å². The van der Waals surface area contributed by atoms with Gasteiger partial charge in [0.25, 0.3) is 0 Å². The molecule has 0 atom stereocenters. The molecule has 1 heterocycles. The standard InChI is InChI=1S/C11H15N3O2/c1-16-10-6-8(4-5-12-10)7-13-11(15)14-9-2-3-9/h4-6,9H,2-3,7H2,1H3,(H2,13,14,15). The van der Waals surface area contributed by atoms with E-state index in [0.29, 0.717) is 18.5 Å². The summed E-state index contributed by atoms with van der Waals surface area (Å²) in [6.07, 6.45) is 3.85. The van der Waals surface area contributed by atoms with Crippen molar-refractivity contribution in [3.8, 4) is 5.88 Å². The highest BCUT2D eigenvalue weighted by Gasteiger charge is 2.22. The molecule has 1 fully saturated rings. The minimum Gasteiger partial charge on any atom is -0.481 e. The molecule has 0 aromatic carbocycles. The van der Waals surface area contributed by atoms with Crippen LogP contribution in [-0.4, -0.2) is 24.2 Å². The van der Waals surface area contributed by atoms with Crippen molar-refractivity contribution in [2.24, 2.45) is 0 Å². The second-order valence-electron chi connectivity index (χ2n) is 3.81. The molecule has 5 heteroatoms. The van der Waals surface area contributed by atoms with E-state index in [0.717, 1.165) is 18.4 Å². The zero-order chi connectivity index (χ0) is 11.4. The van der Waals surface area contributed by atoms with Gasteiger partial charge in [0.15, 0.2) is 0 Å². The molecule has 0 aliphatic heterocycles. The molecule has 0 unspecified atom stereocenters. The van der Waals surface area contributed by atoms with Gasteiger partial charge in [-0.3, -0.25) is 0 Å². The summed E-state index contributed by atoms with van der Waals surface area (Å²) >= 11 is 0. The fourth-order valence-electron chi connectivity index (χ4n) is 1.32. The van der Waals surface area contributed by atoms with Gasteiger partial charge < -0.3 is 15.4 Å². The number of pyridine rings is 1. The number of aromatic nitrogens is 1. The highest BCUT2D eigenvalue weighted by atomic mass is 16.5. The van der Waals surface area contributed by atoms with Crippen molar-refractivity contribution in [3.05, 3.63) is 23.9 Å². The molecule has 1 aromatic heterocycles. The van der Waals surface area contributed by atoms with Crippen LogP contribution in [0.5, 0.6) is 5.88 Å². The number of rotatable bonds is 4. The monoisotopic (exact) mass is 221 g/mol. The number of methoxy groups -OCH3 is 1. The zero-order valence-electron chi connectivity index (χ0n) is 9.19. The Kier molecular flexibility index (Phi) is 3.24. The second-order valence-corrected chi connectivity index (χ2v) is 3.81. The summed E-state index contributed by atoms with van der Waals surface area (Å²) in [6, 6.07) is 3.92. The lowest BCUT2D eigenvalue weighted by Crippen LogP contribution is -2.36. The first-order chi connectivity index (χ1) is 7.78. The van der Waals surface area contributed by atoms with Gasteiger partial charge in [-0.2, -0.15) is 0 Å². The smallest absolute Gasteiger partial charge is 0.315 e. The quantitative estimate of drug-likeness (QED) is 0.798. The first-order valence-electron chi connectivity index (χ1n) is 5.31. The Balaban J connectivity index is 1.80. The van der Waals surface area contributed by atoms with Gasteiger partial charge in [-0.15, -0.1) is 0 Å². The average molecular weight is 221 g/mol. The van der Waals surface area contributed by atoms with E-state index < -0.39 is 0 Å². The van der Waals surface area contributed by atoms with Crippen LogP contribution in [0.2, 0.25) is 0 Å². The topological polar surface area (TPSA) is 63.2 Å². The molecule has 16 heavy (non-hydrogen) atoms. The molecule has 1 aromatic rings. The highest BCUT2D eigenvalue weighted by molar-refractivity contribution is 5.74. The number of carbonyl (C=O) groups is 1. The van der Waals surface area contributed by atoms with Gasteiger partial charge in [-0.1, -0.05) is 0 Å². The minimum absolute atomic E-state index is 0.113. The van der Waals surface area contributed by atoms with Gasteiger partial charge in [-0.25, -0.2) is 9.78 Å². The van der Waals surface area contributed by atoms with E-state index in [9.17, 15) is 4.79 Å². The molecule has 2 rings (SSSR count). The molecule has 0 bridgehead atoms. The molecule has 1 saturated carbocycles. The van der Waals surface area contributed by atoms with E-state index in [2.05, 4.69) is 15.6 Å². The van der Waals surface area contributed by atoms with Gasteiger partial charge in [0, 0.05) is 24.8 Å². The average Bonchev–Trinajstić information content (AvgIpc) is 3.10. The molecule has 0 spiro atoms. The maximum Gasteiger partial charge on any atom is 0.315 e. The van der Waals surface area contributed by atoms with Crippen LogP contribution < -0.4 is 15.4 Å². The zero-order valence-corrected chi connectivity index (χ0v) is 9.19. The van der Waals surface area contributed by atoms with Crippen molar-refractivity contribution in [1.82, 2.24) is 15.6 Å². The summed E-state index contributed by atoms with van der Waals surface area (Å²) in [4.78, 5) is 15.3. The highest BCUT2D eigenvalue weighted by Crippen LogP contribution is 2.18. The largest absolute Gasteiger partial charge is 0.481 e. The number of nitrogens with zero attached hydrogens (tertiary/aromatic N) is 1. The first kappa shape index (κ1) is 10.7. The Labute approximate surface area is 94.2 Å². The van der Waals surface area contributed by atoms with Gasteiger partial charge in [-0.05, 0) is 24.5 Å². The Bertz CT molecular complexity index is 377. The predicted octanol–water partition coefficient (Wildman–Crippen LogP) is 1.05. The third kappa shape index (κ3) is 3.12. The molecule has 5 nitrogen and oxygen atoms in total. The fourth-order valence-corrected chi connectivity index (χ4v) is 1.32. The molecule has 2 amide bonds. The molecule has 86 valence electrons. The number of ether oxygens (including phenoxy) is 1. The Morgan fingerprint density at radius 2 is 2.44 bits per heavy atom. The van der Waals surface area contributed by atoms with Crippen LogP contribution in [0.25, 0.3) is 0 Å². The molecular weight excluding hydrogens is 206 g/mol. The van der Waals surface area contributed by atoms with Crippen molar-refractivity contribution in [1.29, 1.82) is 0 Å². The molecule has 1 aliphatic rings. The summed E-state index contributed by atoms with van der Waals surface area (Å²) in [6.45, 7) is 0.484. The summed E-state index contributed by atoms with van der Waals surface area (Å²) in [7, 11) is 1.57. The van der Waals surface area contributed by atoms with Crippen molar-refractivity contribution in [2.75, 3.05) is 7.11 Å². The van der Waals surface area contributed by atoms with E-state index >= 15 is 0 Å². The first-order valence-corrected chi connectivity index (χ1v) is 5.31. The lowest BCUT2D eigenvalue weighted by atomic mass is 10.2. The molecular formula is C11H15N3O2. The number of amides is 2. The number of urea groups is 1. The van der Waals surface area contributed by atoms with E-state index in [-0.39, 0.29) is 6.03 Å². The molecule has 1 aliphatic carbocycles. The lowest BCUT2D eigenvalue weighted by Gasteiger charge is -2.07. The van der Waals surface area contributed by atoms with E-state index in [1.807, 2.05) is 6.07 Å². The van der Waals surface area contributed by atoms with E-state index in [1.54, 1.807) is 19.4 Å². The molecule has 2 N–H and O–H groups in total. The normalized spacial score (nSPS) is 14.3. The summed E-state index contributed by atoms with van der Waals surface area (Å²) in [5.41, 5.74) is 0.970. The van der Waals surface area contributed by atoms with Crippen LogP contribution in [0.3, 0.4) is 0 Å². The predicted molar refractivity (Wildman–Crippen MR) is 59.2 cm³/mol. The number of hydrogen-bond donors (Lipinski definition) is 2. The van der Waals surface area contributed by atoms with Crippen molar-refractivity contribution >= 4 is 6.03 Å². The van der Waals surface area contributed by atoms with E-state index in [1.165, 1.54) is 0 Å². The van der Waals surface area contributed by atoms with E-state index in [4.69, 9.17) is 4.74 Å². The Morgan fingerprint density at radius 3 is 3.12 bits per heavy atom. The van der Waals surface area contributed by atoms with Crippen LogP contribution in [0, 0.1) is 0 Å². The summed E-state index contributed by atoms with van der Waals surface area (Å²) in [5, 5.41) is 5.64. The molecule has 0 saturated heterocycles. The lowest BCUT2D eigenvalue weighted by molar-refractivity contribution is 0.240. The number of nitrogens with one attached hydrogen (secondary N) is 2. The van der Waals surface area contributed by atoms with Crippen LogP contribution in [0.1, 0.15) is 18.4 Å². The van der Waals surface area contributed by atoms with Gasteiger partial charge in [0.05, 0.1) is 7.11 Å². The second kappa shape index (κ2) is 4.83.